The lowest BCUT2D eigenvalue weighted by Gasteiger charge is -2.44. The summed E-state index contributed by atoms with van der Waals surface area (Å²) < 4.78 is 1.91. The molecule has 0 atom stereocenters. The molecule has 0 unspecified atom stereocenters. The van der Waals surface area contributed by atoms with E-state index in [2.05, 4.69) is 16.3 Å². The third kappa shape index (κ3) is 3.88. The third-order valence-electron chi connectivity index (χ3n) is 6.13. The zero-order valence-electron chi connectivity index (χ0n) is 15.8. The van der Waals surface area contributed by atoms with Gasteiger partial charge in [-0.3, -0.25) is 4.79 Å². The summed E-state index contributed by atoms with van der Waals surface area (Å²) in [5.74, 6) is 1.28. The molecule has 154 valence electrons. The maximum absolute atomic E-state index is 12.8. The van der Waals surface area contributed by atoms with Crippen molar-refractivity contribution < 1.29 is 4.79 Å². The van der Waals surface area contributed by atoms with Crippen LogP contribution in [0.2, 0.25) is 5.02 Å². The highest BCUT2D eigenvalue weighted by Crippen LogP contribution is 2.41. The molecule has 6 nitrogen and oxygen atoms in total. The average Bonchev–Trinajstić information content (AvgIpc) is 3.04. The summed E-state index contributed by atoms with van der Waals surface area (Å²) in [5, 5.41) is 8.87. The zero-order valence-corrected chi connectivity index (χ0v) is 18.2. The Bertz CT molecular complexity index is 833. The van der Waals surface area contributed by atoms with Crippen LogP contribution < -0.4 is 5.73 Å². The van der Waals surface area contributed by atoms with Crippen LogP contribution in [0, 0.1) is 6.92 Å². The van der Waals surface area contributed by atoms with Crippen LogP contribution in [-0.4, -0.2) is 44.7 Å². The molecular weight excluding hydrogens is 421 g/mol. The van der Waals surface area contributed by atoms with Crippen molar-refractivity contribution in [1.29, 1.82) is 0 Å². The number of fused-ring (bicyclic) bond motifs is 1. The average molecular weight is 447 g/mol. The summed E-state index contributed by atoms with van der Waals surface area (Å²) in [6, 6.07) is 8.28. The molecule has 4 rings (SSSR count). The van der Waals surface area contributed by atoms with E-state index in [9.17, 15) is 4.79 Å². The minimum atomic E-state index is -0.0448. The van der Waals surface area contributed by atoms with Gasteiger partial charge < -0.3 is 15.2 Å². The Hall–Kier alpha value is -1.34. The Kier molecular flexibility index (Phi) is 7.37. The van der Waals surface area contributed by atoms with Gasteiger partial charge in [-0.15, -0.1) is 35.0 Å². The van der Waals surface area contributed by atoms with Crippen molar-refractivity contribution in [2.45, 2.75) is 50.6 Å². The van der Waals surface area contributed by atoms with E-state index in [1.807, 2.05) is 34.6 Å². The van der Waals surface area contributed by atoms with Gasteiger partial charge in [0, 0.05) is 36.1 Å². The molecule has 0 spiro atoms. The third-order valence-corrected chi connectivity index (χ3v) is 6.37. The van der Waals surface area contributed by atoms with Crippen LogP contribution >= 0.6 is 36.4 Å². The molecule has 1 aromatic heterocycles. The lowest BCUT2D eigenvalue weighted by molar-refractivity contribution is 0.0521. The number of nitrogens with two attached hydrogens (primary N) is 1. The fourth-order valence-electron chi connectivity index (χ4n) is 4.49. The molecule has 1 fully saturated rings. The number of amides is 1. The summed E-state index contributed by atoms with van der Waals surface area (Å²) in [5.41, 5.74) is 7.36. The molecule has 0 radical (unpaired) electrons. The number of halogens is 3. The minimum Gasteiger partial charge on any atom is -0.331 e. The van der Waals surface area contributed by atoms with Gasteiger partial charge >= 0.3 is 0 Å². The first kappa shape index (κ1) is 22.9. The number of hydrogen-bond acceptors (Lipinski definition) is 4. The monoisotopic (exact) mass is 445 g/mol. The second-order valence-corrected chi connectivity index (χ2v) is 7.88. The number of rotatable bonds is 3. The van der Waals surface area contributed by atoms with Crippen LogP contribution in [0.4, 0.5) is 0 Å². The van der Waals surface area contributed by atoms with Gasteiger partial charge in [0.2, 0.25) is 5.82 Å². The Balaban J connectivity index is 0.00000140. The molecule has 0 saturated heterocycles. The van der Waals surface area contributed by atoms with Crippen molar-refractivity contribution in [3.63, 3.8) is 0 Å². The number of nitrogens with zero attached hydrogens (tertiary/aromatic N) is 4. The fraction of sp³-hybridized carbons (Fsp3) is 0.526. The lowest BCUT2D eigenvalue weighted by atomic mass is 9.68. The molecule has 1 aliphatic heterocycles. The molecule has 1 saturated carbocycles. The van der Waals surface area contributed by atoms with Crippen molar-refractivity contribution in [1.82, 2.24) is 19.7 Å². The van der Waals surface area contributed by atoms with Gasteiger partial charge in [-0.05, 0) is 50.3 Å². The number of carbonyl (C=O) groups excluding carboxylic acids is 1. The predicted octanol–water partition coefficient (Wildman–Crippen LogP) is 3.38. The zero-order chi connectivity index (χ0) is 18.3. The second-order valence-electron chi connectivity index (χ2n) is 7.45. The van der Waals surface area contributed by atoms with Gasteiger partial charge in [0.05, 0.1) is 0 Å². The van der Waals surface area contributed by atoms with E-state index in [0.29, 0.717) is 12.4 Å². The number of benzene rings is 1. The molecule has 2 N–H and O–H groups in total. The standard InChI is InChI=1S/C19H24ClN5O.2ClH/c1-13-22-23-17-18(26)25(10-9-24(13)17)16-5-7-19(12-21,8-6-16)14-3-2-4-15(20)11-14;;/h2-4,11,16H,5-10,12,21H2,1H3;2*1H/t16-,19-;;. The Morgan fingerprint density at radius 3 is 2.57 bits per heavy atom. The number of carbonyl (C=O) groups is 1. The van der Waals surface area contributed by atoms with E-state index in [-0.39, 0.29) is 42.2 Å². The molecule has 1 aliphatic carbocycles. The summed E-state index contributed by atoms with van der Waals surface area (Å²) in [4.78, 5) is 14.8. The van der Waals surface area contributed by atoms with E-state index in [1.54, 1.807) is 0 Å². The first-order chi connectivity index (χ1) is 12.5. The summed E-state index contributed by atoms with van der Waals surface area (Å²) in [6.07, 6.45) is 3.82. The van der Waals surface area contributed by atoms with Crippen LogP contribution in [0.5, 0.6) is 0 Å². The van der Waals surface area contributed by atoms with Crippen LogP contribution in [0.15, 0.2) is 24.3 Å². The minimum absolute atomic E-state index is 0. The van der Waals surface area contributed by atoms with Gasteiger partial charge in [0.1, 0.15) is 5.82 Å². The quantitative estimate of drug-likeness (QED) is 0.784. The molecule has 1 amide bonds. The van der Waals surface area contributed by atoms with E-state index < -0.39 is 0 Å². The number of hydrogen-bond donors (Lipinski definition) is 1. The first-order valence-corrected chi connectivity index (χ1v) is 9.59. The van der Waals surface area contributed by atoms with Crippen molar-refractivity contribution >= 4 is 42.3 Å². The van der Waals surface area contributed by atoms with Gasteiger partial charge in [-0.2, -0.15) is 0 Å². The molecule has 1 aromatic carbocycles. The Morgan fingerprint density at radius 2 is 1.93 bits per heavy atom. The number of aromatic nitrogens is 3. The summed E-state index contributed by atoms with van der Waals surface area (Å²) in [6.45, 7) is 3.98. The van der Waals surface area contributed by atoms with Gasteiger partial charge in [0.15, 0.2) is 0 Å². The molecule has 2 aromatic rings. The largest absolute Gasteiger partial charge is 0.331 e. The number of aryl methyl sites for hydroxylation is 1. The molecular formula is C19H26Cl3N5O. The van der Waals surface area contributed by atoms with E-state index in [1.165, 1.54) is 5.56 Å². The second kappa shape index (κ2) is 8.99. The van der Waals surface area contributed by atoms with E-state index >= 15 is 0 Å². The van der Waals surface area contributed by atoms with Crippen molar-refractivity contribution in [2.24, 2.45) is 5.73 Å². The smallest absolute Gasteiger partial charge is 0.292 e. The molecule has 28 heavy (non-hydrogen) atoms. The normalized spacial score (nSPS) is 24.2. The Labute approximate surface area is 182 Å². The molecule has 0 bridgehead atoms. The lowest BCUT2D eigenvalue weighted by Crippen LogP contribution is -2.50. The maximum atomic E-state index is 12.8. The molecule has 9 heteroatoms. The van der Waals surface area contributed by atoms with Crippen molar-refractivity contribution in [2.75, 3.05) is 13.1 Å². The Morgan fingerprint density at radius 1 is 1.21 bits per heavy atom. The summed E-state index contributed by atoms with van der Waals surface area (Å²) >= 11 is 6.19. The van der Waals surface area contributed by atoms with Crippen LogP contribution in [0.25, 0.3) is 0 Å². The molecule has 2 aliphatic rings. The van der Waals surface area contributed by atoms with Crippen molar-refractivity contribution in [3.8, 4) is 0 Å². The highest BCUT2D eigenvalue weighted by molar-refractivity contribution is 6.30. The predicted molar refractivity (Wildman–Crippen MR) is 115 cm³/mol. The SMILES string of the molecule is Cc1nnc2n1CCN([C@H]1CC[C@](CN)(c3cccc(Cl)c3)CC1)C2=O.Cl.Cl. The van der Waals surface area contributed by atoms with Crippen molar-refractivity contribution in [3.05, 3.63) is 46.5 Å². The first-order valence-electron chi connectivity index (χ1n) is 9.21. The van der Waals surface area contributed by atoms with E-state index in [0.717, 1.165) is 49.6 Å². The fourth-order valence-corrected chi connectivity index (χ4v) is 4.68. The highest BCUT2D eigenvalue weighted by atomic mass is 35.5. The van der Waals surface area contributed by atoms with Gasteiger partial charge in [-0.25, -0.2) is 0 Å². The maximum Gasteiger partial charge on any atom is 0.292 e. The van der Waals surface area contributed by atoms with Gasteiger partial charge in [0.25, 0.3) is 5.91 Å². The van der Waals surface area contributed by atoms with E-state index in [4.69, 9.17) is 17.3 Å². The van der Waals surface area contributed by atoms with Crippen LogP contribution in [0.3, 0.4) is 0 Å². The summed E-state index contributed by atoms with van der Waals surface area (Å²) in [7, 11) is 0. The van der Waals surface area contributed by atoms with Crippen LogP contribution in [-0.2, 0) is 12.0 Å². The topological polar surface area (TPSA) is 77.0 Å². The molecule has 2 heterocycles. The highest BCUT2D eigenvalue weighted by Gasteiger charge is 2.40. The van der Waals surface area contributed by atoms with Gasteiger partial charge in [-0.1, -0.05) is 23.7 Å². The van der Waals surface area contributed by atoms with Crippen LogP contribution in [0.1, 0.15) is 47.7 Å².